The van der Waals surface area contributed by atoms with E-state index in [1.54, 1.807) is 14.2 Å². The number of ether oxygens (including phenoxy) is 2. The molecule has 0 heterocycles. The number of anilines is 1. The molecule has 0 aromatic heterocycles. The standard InChI is InChI=1S/C19H22N2O3/c1-23-16-11-7-14(8-12-16)13-21(15-9-10-15)19(22)20-17-5-3-4-6-18(17)24-2/h3-8,11-12,15H,9-10,13H2,1-2H3,(H,20,22). The molecule has 0 spiro atoms. The molecule has 2 amide bonds. The van der Waals surface area contributed by atoms with E-state index in [1.165, 1.54) is 0 Å². The Morgan fingerprint density at radius 2 is 1.79 bits per heavy atom. The van der Waals surface area contributed by atoms with Crippen molar-refractivity contribution >= 4 is 11.7 Å². The number of carbonyl (C=O) groups is 1. The lowest BCUT2D eigenvalue weighted by Gasteiger charge is -2.23. The molecular formula is C19H22N2O3. The van der Waals surface area contributed by atoms with Gasteiger partial charge in [0, 0.05) is 12.6 Å². The van der Waals surface area contributed by atoms with Crippen LogP contribution >= 0.6 is 0 Å². The van der Waals surface area contributed by atoms with Gasteiger partial charge >= 0.3 is 6.03 Å². The van der Waals surface area contributed by atoms with E-state index >= 15 is 0 Å². The SMILES string of the molecule is COc1ccc(CN(C(=O)Nc2ccccc2OC)C2CC2)cc1. The summed E-state index contributed by atoms with van der Waals surface area (Å²) in [5, 5.41) is 2.96. The first-order chi connectivity index (χ1) is 11.7. The van der Waals surface area contributed by atoms with Crippen molar-refractivity contribution in [3.63, 3.8) is 0 Å². The molecule has 126 valence electrons. The highest BCUT2D eigenvalue weighted by Gasteiger charge is 2.32. The summed E-state index contributed by atoms with van der Waals surface area (Å²) in [6.07, 6.45) is 2.10. The molecule has 2 aromatic carbocycles. The Bertz CT molecular complexity index is 696. The number of hydrogen-bond acceptors (Lipinski definition) is 3. The van der Waals surface area contributed by atoms with Crippen LogP contribution in [-0.4, -0.2) is 31.2 Å². The highest BCUT2D eigenvalue weighted by molar-refractivity contribution is 5.91. The minimum atomic E-state index is -0.0992. The van der Waals surface area contributed by atoms with Crippen molar-refractivity contribution in [2.45, 2.75) is 25.4 Å². The van der Waals surface area contributed by atoms with Gasteiger partial charge in [-0.3, -0.25) is 0 Å². The smallest absolute Gasteiger partial charge is 0.322 e. The number of nitrogens with one attached hydrogen (secondary N) is 1. The number of amides is 2. The Hall–Kier alpha value is -2.69. The fraction of sp³-hybridized carbons (Fsp3) is 0.316. The fourth-order valence-corrected chi connectivity index (χ4v) is 2.62. The molecular weight excluding hydrogens is 304 g/mol. The van der Waals surface area contributed by atoms with E-state index in [4.69, 9.17) is 9.47 Å². The largest absolute Gasteiger partial charge is 0.497 e. The minimum Gasteiger partial charge on any atom is -0.497 e. The van der Waals surface area contributed by atoms with Crippen molar-refractivity contribution < 1.29 is 14.3 Å². The summed E-state index contributed by atoms with van der Waals surface area (Å²) in [6, 6.07) is 15.5. The summed E-state index contributed by atoms with van der Waals surface area (Å²) in [5.74, 6) is 1.47. The van der Waals surface area contributed by atoms with Crippen molar-refractivity contribution in [2.75, 3.05) is 19.5 Å². The number of methoxy groups -OCH3 is 2. The predicted molar refractivity (Wildman–Crippen MR) is 93.6 cm³/mol. The first-order valence-electron chi connectivity index (χ1n) is 8.05. The van der Waals surface area contributed by atoms with Gasteiger partial charge in [-0.25, -0.2) is 4.79 Å². The van der Waals surface area contributed by atoms with Gasteiger partial charge in [0.1, 0.15) is 11.5 Å². The van der Waals surface area contributed by atoms with Crippen LogP contribution in [0.25, 0.3) is 0 Å². The zero-order chi connectivity index (χ0) is 16.9. The van der Waals surface area contributed by atoms with E-state index in [1.807, 2.05) is 53.4 Å². The molecule has 5 heteroatoms. The Morgan fingerprint density at radius 3 is 2.42 bits per heavy atom. The molecule has 0 saturated heterocycles. The van der Waals surface area contributed by atoms with Crippen LogP contribution in [0, 0.1) is 0 Å². The van der Waals surface area contributed by atoms with Crippen molar-refractivity contribution in [3.8, 4) is 11.5 Å². The Kier molecular flexibility index (Phi) is 4.89. The van der Waals surface area contributed by atoms with Gasteiger partial charge in [-0.15, -0.1) is 0 Å². The molecule has 1 saturated carbocycles. The molecule has 5 nitrogen and oxygen atoms in total. The molecule has 0 radical (unpaired) electrons. The number of nitrogens with zero attached hydrogens (tertiary/aromatic N) is 1. The first kappa shape index (κ1) is 16.2. The normalized spacial score (nSPS) is 13.2. The molecule has 0 atom stereocenters. The molecule has 0 bridgehead atoms. The summed E-state index contributed by atoms with van der Waals surface area (Å²) >= 11 is 0. The van der Waals surface area contributed by atoms with Crippen LogP contribution in [0.3, 0.4) is 0 Å². The summed E-state index contributed by atoms with van der Waals surface area (Å²) in [4.78, 5) is 14.6. The third-order valence-corrected chi connectivity index (χ3v) is 4.11. The molecule has 1 aliphatic rings. The molecule has 24 heavy (non-hydrogen) atoms. The molecule has 1 fully saturated rings. The van der Waals surface area contributed by atoms with E-state index in [0.717, 1.165) is 24.2 Å². The maximum atomic E-state index is 12.7. The highest BCUT2D eigenvalue weighted by Crippen LogP contribution is 2.30. The van der Waals surface area contributed by atoms with E-state index in [2.05, 4.69) is 5.32 Å². The van der Waals surface area contributed by atoms with Crippen molar-refractivity contribution in [1.82, 2.24) is 4.90 Å². The summed E-state index contributed by atoms with van der Waals surface area (Å²) in [6.45, 7) is 0.579. The van der Waals surface area contributed by atoms with E-state index in [9.17, 15) is 4.79 Å². The van der Waals surface area contributed by atoms with Crippen LogP contribution in [0.15, 0.2) is 48.5 Å². The molecule has 0 unspecified atom stereocenters. The number of para-hydroxylation sites is 2. The predicted octanol–water partition coefficient (Wildman–Crippen LogP) is 3.90. The van der Waals surface area contributed by atoms with Gasteiger partial charge in [0.05, 0.1) is 19.9 Å². The second kappa shape index (κ2) is 7.25. The number of hydrogen-bond donors (Lipinski definition) is 1. The lowest BCUT2D eigenvalue weighted by atomic mass is 10.2. The molecule has 1 N–H and O–H groups in total. The third-order valence-electron chi connectivity index (χ3n) is 4.11. The average Bonchev–Trinajstić information content (AvgIpc) is 3.45. The number of carbonyl (C=O) groups excluding carboxylic acids is 1. The van der Waals surface area contributed by atoms with Crippen molar-refractivity contribution in [2.24, 2.45) is 0 Å². The zero-order valence-electron chi connectivity index (χ0n) is 14.0. The lowest BCUT2D eigenvalue weighted by molar-refractivity contribution is 0.206. The van der Waals surface area contributed by atoms with E-state index in [-0.39, 0.29) is 6.03 Å². The van der Waals surface area contributed by atoms with Crippen LogP contribution in [0.4, 0.5) is 10.5 Å². The van der Waals surface area contributed by atoms with E-state index in [0.29, 0.717) is 24.0 Å². The first-order valence-corrected chi connectivity index (χ1v) is 8.05. The zero-order valence-corrected chi connectivity index (χ0v) is 14.0. The van der Waals surface area contributed by atoms with Gasteiger partial charge in [-0.2, -0.15) is 0 Å². The summed E-state index contributed by atoms with van der Waals surface area (Å²) in [5.41, 5.74) is 1.77. The Morgan fingerprint density at radius 1 is 1.08 bits per heavy atom. The maximum Gasteiger partial charge on any atom is 0.322 e. The quantitative estimate of drug-likeness (QED) is 0.876. The second-order valence-corrected chi connectivity index (χ2v) is 5.84. The summed E-state index contributed by atoms with van der Waals surface area (Å²) < 4.78 is 10.5. The maximum absolute atomic E-state index is 12.7. The van der Waals surface area contributed by atoms with Gasteiger partial charge in [0.15, 0.2) is 0 Å². The molecule has 2 aromatic rings. The number of urea groups is 1. The average molecular weight is 326 g/mol. The second-order valence-electron chi connectivity index (χ2n) is 5.84. The van der Waals surface area contributed by atoms with Crippen LogP contribution in [0.5, 0.6) is 11.5 Å². The molecule has 0 aliphatic heterocycles. The van der Waals surface area contributed by atoms with Gasteiger partial charge in [-0.05, 0) is 42.7 Å². The third kappa shape index (κ3) is 3.79. The summed E-state index contributed by atoms with van der Waals surface area (Å²) in [7, 11) is 3.24. The van der Waals surface area contributed by atoms with E-state index < -0.39 is 0 Å². The van der Waals surface area contributed by atoms with Gasteiger partial charge < -0.3 is 19.7 Å². The monoisotopic (exact) mass is 326 g/mol. The Balaban J connectivity index is 1.71. The van der Waals surface area contributed by atoms with Crippen LogP contribution in [-0.2, 0) is 6.54 Å². The highest BCUT2D eigenvalue weighted by atomic mass is 16.5. The van der Waals surface area contributed by atoms with Gasteiger partial charge in [0.25, 0.3) is 0 Å². The van der Waals surface area contributed by atoms with Crippen LogP contribution in [0.2, 0.25) is 0 Å². The van der Waals surface area contributed by atoms with Gasteiger partial charge in [0.2, 0.25) is 0 Å². The molecule has 3 rings (SSSR count). The topological polar surface area (TPSA) is 50.8 Å². The van der Waals surface area contributed by atoms with Crippen molar-refractivity contribution in [1.29, 1.82) is 0 Å². The molecule has 1 aliphatic carbocycles. The fourth-order valence-electron chi connectivity index (χ4n) is 2.62. The Labute approximate surface area is 142 Å². The lowest BCUT2D eigenvalue weighted by Crippen LogP contribution is -2.36. The van der Waals surface area contributed by atoms with Gasteiger partial charge in [-0.1, -0.05) is 24.3 Å². The van der Waals surface area contributed by atoms with Crippen LogP contribution < -0.4 is 14.8 Å². The number of benzene rings is 2. The minimum absolute atomic E-state index is 0.0992. The van der Waals surface area contributed by atoms with Crippen molar-refractivity contribution in [3.05, 3.63) is 54.1 Å². The number of rotatable bonds is 6. The van der Waals surface area contributed by atoms with Crippen LogP contribution in [0.1, 0.15) is 18.4 Å².